The van der Waals surface area contributed by atoms with Crippen LogP contribution in [0.2, 0.25) is 0 Å². The number of fused-ring (bicyclic) bond motifs is 1. The zero-order chi connectivity index (χ0) is 10.5. The molecule has 2 rings (SSSR count). The predicted octanol–water partition coefficient (Wildman–Crippen LogP) is 0.156. The van der Waals surface area contributed by atoms with Crippen LogP contribution in [0.25, 0.3) is 10.8 Å². The summed E-state index contributed by atoms with van der Waals surface area (Å²) in [4.78, 5) is 23.3. The summed E-state index contributed by atoms with van der Waals surface area (Å²) in [5.74, 6) is 1.87. The Balaban J connectivity index is 3.22. The molecule has 0 radical (unpaired) electrons. The van der Waals surface area contributed by atoms with Crippen LogP contribution in [0.3, 0.4) is 0 Å². The quantitative estimate of drug-likeness (QED) is 0.623. The summed E-state index contributed by atoms with van der Waals surface area (Å²) in [5.41, 5.74) is 0.0908. The Labute approximate surface area is 81.3 Å². The average molecular weight is 211 g/mol. The molecule has 6 heteroatoms. The Kier molecular flexibility index (Phi) is 1.86. The predicted molar refractivity (Wildman–Crippen MR) is 55.9 cm³/mol. The van der Waals surface area contributed by atoms with Gasteiger partial charge in [-0.3, -0.25) is 13.9 Å². The van der Waals surface area contributed by atoms with E-state index < -0.39 is 0 Å². The maximum atomic E-state index is 11.7. The van der Waals surface area contributed by atoms with Crippen molar-refractivity contribution >= 4 is 19.0 Å². The van der Waals surface area contributed by atoms with Crippen molar-refractivity contribution in [3.8, 4) is 0 Å². The molecule has 14 heavy (non-hydrogen) atoms. The van der Waals surface area contributed by atoms with Crippen LogP contribution in [0.15, 0.2) is 15.5 Å². The van der Waals surface area contributed by atoms with Crippen molar-refractivity contribution in [1.82, 2.24) is 13.7 Å². The van der Waals surface area contributed by atoms with E-state index in [4.69, 9.17) is 0 Å². The van der Waals surface area contributed by atoms with Gasteiger partial charge in [0.25, 0.3) is 5.56 Å². The van der Waals surface area contributed by atoms with E-state index in [0.29, 0.717) is 5.52 Å². The molecule has 0 unspecified atom stereocenters. The van der Waals surface area contributed by atoms with Crippen molar-refractivity contribution in [3.05, 3.63) is 26.8 Å². The summed E-state index contributed by atoms with van der Waals surface area (Å²) in [7, 11) is 5.88. The van der Waals surface area contributed by atoms with E-state index in [2.05, 4.69) is 0 Å². The van der Waals surface area contributed by atoms with Gasteiger partial charge in [0.15, 0.2) is 0 Å². The second-order valence-electron chi connectivity index (χ2n) is 3.23. The molecule has 0 saturated heterocycles. The number of nitrogens with zero attached hydrogens (tertiary/aromatic N) is 3. The molecule has 0 saturated carbocycles. The molecule has 0 N–H and O–H groups in total. The molecule has 0 amide bonds. The number of rotatable bonds is 0. The summed E-state index contributed by atoms with van der Waals surface area (Å²) >= 11 is 0. The lowest BCUT2D eigenvalue weighted by Crippen LogP contribution is -2.37. The van der Waals surface area contributed by atoms with Gasteiger partial charge in [0.05, 0.1) is 0 Å². The van der Waals surface area contributed by atoms with Gasteiger partial charge in [0.2, 0.25) is 0 Å². The minimum atomic E-state index is -0.273. The third-order valence-corrected chi connectivity index (χ3v) is 3.53. The summed E-state index contributed by atoms with van der Waals surface area (Å²) in [6.07, 6.45) is 0. The van der Waals surface area contributed by atoms with Crippen LogP contribution in [-0.4, -0.2) is 13.7 Å². The Hall–Kier alpha value is -1.35. The minimum absolute atomic E-state index is 0.230. The van der Waals surface area contributed by atoms with E-state index >= 15 is 0 Å². The smallest absolute Gasteiger partial charge is 0.331 e. The fourth-order valence-corrected chi connectivity index (χ4v) is 2.50. The van der Waals surface area contributed by atoms with Gasteiger partial charge in [-0.1, -0.05) is 0 Å². The van der Waals surface area contributed by atoms with Gasteiger partial charge in [-0.15, -0.1) is 0 Å². The van der Waals surface area contributed by atoms with E-state index in [1.165, 1.54) is 11.6 Å². The molecular weight excluding hydrogens is 201 g/mol. The Morgan fingerprint density at radius 1 is 1.14 bits per heavy atom. The lowest BCUT2D eigenvalue weighted by atomic mass is 10.5. The molecule has 0 aliphatic carbocycles. The lowest BCUT2D eigenvalue weighted by molar-refractivity contribution is 0.710. The fraction of sp³-hybridized carbons (Fsp3) is 0.375. The van der Waals surface area contributed by atoms with E-state index in [0.717, 1.165) is 18.0 Å². The zero-order valence-corrected chi connectivity index (χ0v) is 9.08. The van der Waals surface area contributed by atoms with Gasteiger partial charge in [-0.25, -0.2) is 4.79 Å². The highest BCUT2D eigenvalue weighted by Gasteiger charge is 2.10. The van der Waals surface area contributed by atoms with Crippen LogP contribution in [0.5, 0.6) is 0 Å². The molecular formula is C8H10N3O2P. The summed E-state index contributed by atoms with van der Waals surface area (Å²) in [5, 5.41) is 0.764. The van der Waals surface area contributed by atoms with Crippen LogP contribution in [0, 0.1) is 0 Å². The van der Waals surface area contributed by atoms with E-state index in [-0.39, 0.29) is 11.2 Å². The van der Waals surface area contributed by atoms with Crippen LogP contribution in [0.1, 0.15) is 0 Å². The van der Waals surface area contributed by atoms with E-state index in [1.807, 2.05) is 13.0 Å². The normalized spacial score (nSPS) is 11.6. The van der Waals surface area contributed by atoms with Crippen LogP contribution in [0.4, 0.5) is 0 Å². The first-order valence-electron chi connectivity index (χ1n) is 4.11. The molecule has 2 aromatic heterocycles. The van der Waals surface area contributed by atoms with Crippen molar-refractivity contribution in [2.75, 3.05) is 0 Å². The van der Waals surface area contributed by atoms with Crippen molar-refractivity contribution in [3.63, 3.8) is 0 Å². The molecule has 74 valence electrons. The van der Waals surface area contributed by atoms with Gasteiger partial charge >= 0.3 is 5.69 Å². The van der Waals surface area contributed by atoms with Crippen molar-refractivity contribution in [2.24, 2.45) is 21.1 Å². The molecule has 5 nitrogen and oxygen atoms in total. The zero-order valence-electron chi connectivity index (χ0n) is 8.18. The summed E-state index contributed by atoms with van der Waals surface area (Å²) in [6, 6.07) is 0. The number of hydrogen-bond donors (Lipinski definition) is 0. The van der Waals surface area contributed by atoms with Crippen molar-refractivity contribution in [2.45, 2.75) is 0 Å². The highest BCUT2D eigenvalue weighted by atomic mass is 31.0. The van der Waals surface area contributed by atoms with Gasteiger partial charge in [0, 0.05) is 27.1 Å². The maximum Gasteiger partial charge on any atom is 0.331 e. The van der Waals surface area contributed by atoms with Gasteiger partial charge < -0.3 is 4.57 Å². The Morgan fingerprint density at radius 3 is 2.43 bits per heavy atom. The topological polar surface area (TPSA) is 48.9 Å². The summed E-state index contributed by atoms with van der Waals surface area (Å²) in [6.45, 7) is 0. The van der Waals surface area contributed by atoms with Gasteiger partial charge in [-0.05, 0) is 8.19 Å². The molecule has 0 aliphatic rings. The second-order valence-corrected chi connectivity index (χ2v) is 4.15. The molecule has 0 bridgehead atoms. The summed E-state index contributed by atoms with van der Waals surface area (Å²) < 4.78 is 4.40. The Morgan fingerprint density at radius 2 is 1.79 bits per heavy atom. The first-order valence-corrected chi connectivity index (χ1v) is 5.07. The first-order chi connectivity index (χ1) is 6.54. The van der Waals surface area contributed by atoms with Gasteiger partial charge in [-0.2, -0.15) is 0 Å². The number of aryl methyl sites for hydroxylation is 2. The second kappa shape index (κ2) is 2.82. The SMILES string of the molecule is Cn1c(=O)c2c(pcn2C)n(C)c1=O. The third kappa shape index (κ3) is 0.990. The maximum absolute atomic E-state index is 11.7. The van der Waals surface area contributed by atoms with Crippen molar-refractivity contribution < 1.29 is 0 Å². The number of hydrogen-bond acceptors (Lipinski definition) is 2. The largest absolute Gasteiger partial charge is 0.340 e. The van der Waals surface area contributed by atoms with Crippen LogP contribution in [-0.2, 0) is 21.1 Å². The highest BCUT2D eigenvalue weighted by molar-refractivity contribution is 7.35. The molecule has 0 aromatic carbocycles. The molecule has 0 fully saturated rings. The molecule has 0 aliphatic heterocycles. The Bertz CT molecular complexity index is 620. The minimum Gasteiger partial charge on any atom is -0.340 e. The first kappa shape index (κ1) is 9.21. The van der Waals surface area contributed by atoms with Crippen molar-refractivity contribution in [1.29, 1.82) is 0 Å². The molecule has 0 spiro atoms. The molecule has 0 atom stereocenters. The van der Waals surface area contributed by atoms with Crippen LogP contribution < -0.4 is 11.2 Å². The molecule has 2 heterocycles. The highest BCUT2D eigenvalue weighted by Crippen LogP contribution is 2.18. The fourth-order valence-electron chi connectivity index (χ4n) is 1.47. The van der Waals surface area contributed by atoms with E-state index in [1.54, 1.807) is 11.6 Å². The molecule has 2 aromatic rings. The number of aromatic nitrogens is 3. The third-order valence-electron chi connectivity index (χ3n) is 2.32. The standard InChI is InChI=1S/C8H10N3O2P/c1-9-4-14-7-5(9)6(12)10(2)8(13)11(7)3/h4H,1-3H3. The van der Waals surface area contributed by atoms with E-state index in [9.17, 15) is 9.59 Å². The monoisotopic (exact) mass is 211 g/mol. The lowest BCUT2D eigenvalue weighted by Gasteiger charge is -2.03. The van der Waals surface area contributed by atoms with Gasteiger partial charge in [0.1, 0.15) is 10.8 Å². The average Bonchev–Trinajstić information content (AvgIpc) is 2.54. The van der Waals surface area contributed by atoms with Crippen LogP contribution >= 0.6 is 8.19 Å².